The van der Waals surface area contributed by atoms with E-state index in [1.54, 1.807) is 0 Å². The molecule has 108 valence electrons. The van der Waals surface area contributed by atoms with Gasteiger partial charge < -0.3 is 15.2 Å². The molecule has 3 rings (SSSR count). The zero-order valence-corrected chi connectivity index (χ0v) is 12.0. The number of nitrogens with zero attached hydrogens (tertiary/aromatic N) is 1. The van der Waals surface area contributed by atoms with Gasteiger partial charge in [0.1, 0.15) is 12.4 Å². The van der Waals surface area contributed by atoms with Crippen molar-refractivity contribution in [3.63, 3.8) is 0 Å². The van der Waals surface area contributed by atoms with Crippen LogP contribution >= 0.6 is 0 Å². The van der Waals surface area contributed by atoms with E-state index in [0.717, 1.165) is 5.75 Å². The number of hydrogen-bond acceptors (Lipinski definition) is 4. The Morgan fingerprint density at radius 1 is 1.19 bits per heavy atom. The van der Waals surface area contributed by atoms with Crippen LogP contribution < -0.4 is 10.5 Å². The van der Waals surface area contributed by atoms with Crippen LogP contribution in [0.15, 0.2) is 53.5 Å². The van der Waals surface area contributed by atoms with Crippen LogP contribution in [0.4, 0.5) is 0 Å². The Bertz CT molecular complexity index is 650. The maximum atomic E-state index is 5.70. The summed E-state index contributed by atoms with van der Waals surface area (Å²) in [5, 5.41) is 0. The summed E-state index contributed by atoms with van der Waals surface area (Å²) in [4.78, 5) is 3.98. The summed E-state index contributed by atoms with van der Waals surface area (Å²) < 4.78 is 11.0. The summed E-state index contributed by atoms with van der Waals surface area (Å²) in [6, 6.07) is 16.7. The Hall–Kier alpha value is -2.49. The number of ether oxygens (including phenoxy) is 2. The van der Waals surface area contributed by atoms with Gasteiger partial charge in [0.2, 0.25) is 0 Å². The van der Waals surface area contributed by atoms with Gasteiger partial charge in [0, 0.05) is 0 Å². The number of nitrogens with two attached hydrogens (primary N) is 1. The second-order valence-electron chi connectivity index (χ2n) is 5.12. The lowest BCUT2D eigenvalue weighted by molar-refractivity contribution is 0.141. The molecule has 0 radical (unpaired) electrons. The van der Waals surface area contributed by atoms with E-state index in [9.17, 15) is 0 Å². The van der Waals surface area contributed by atoms with Crippen molar-refractivity contribution in [3.8, 4) is 16.9 Å². The van der Waals surface area contributed by atoms with E-state index in [2.05, 4.69) is 48.3 Å². The molecule has 0 amide bonds. The van der Waals surface area contributed by atoms with Crippen molar-refractivity contribution in [1.82, 2.24) is 0 Å². The zero-order chi connectivity index (χ0) is 14.7. The van der Waals surface area contributed by atoms with E-state index in [4.69, 9.17) is 15.2 Å². The molecule has 1 aliphatic heterocycles. The van der Waals surface area contributed by atoms with Crippen LogP contribution in [-0.2, 0) is 4.74 Å². The second kappa shape index (κ2) is 5.87. The smallest absolute Gasteiger partial charge is 0.282 e. The third-order valence-corrected chi connectivity index (χ3v) is 3.38. The predicted molar refractivity (Wildman–Crippen MR) is 83.5 cm³/mol. The van der Waals surface area contributed by atoms with Gasteiger partial charge in [-0.3, -0.25) is 0 Å². The molecular weight excluding hydrogens is 264 g/mol. The van der Waals surface area contributed by atoms with Crippen LogP contribution in [0.1, 0.15) is 5.56 Å². The lowest BCUT2D eigenvalue weighted by atomic mass is 10.0. The highest BCUT2D eigenvalue weighted by Gasteiger charge is 2.18. The third-order valence-electron chi connectivity index (χ3n) is 3.38. The van der Waals surface area contributed by atoms with Crippen LogP contribution in [-0.4, -0.2) is 25.3 Å². The predicted octanol–water partition coefficient (Wildman–Crippen LogP) is 2.75. The van der Waals surface area contributed by atoms with Crippen molar-refractivity contribution < 1.29 is 9.47 Å². The summed E-state index contributed by atoms with van der Waals surface area (Å²) >= 11 is 0. The quantitative estimate of drug-likeness (QED) is 0.938. The number of amidine groups is 1. The highest BCUT2D eigenvalue weighted by atomic mass is 16.5. The van der Waals surface area contributed by atoms with Crippen molar-refractivity contribution in [3.05, 3.63) is 54.1 Å². The molecule has 4 heteroatoms. The van der Waals surface area contributed by atoms with Gasteiger partial charge >= 0.3 is 0 Å². The van der Waals surface area contributed by atoms with Crippen LogP contribution in [0.5, 0.6) is 5.75 Å². The number of benzene rings is 2. The first-order valence-corrected chi connectivity index (χ1v) is 6.97. The standard InChI is InChI=1S/C17H18N2O2/c1-12-3-2-4-14(9-12)13-5-7-15(8-6-13)20-11-16-10-19-17(18)21-16/h2-9,16H,10-11H2,1H3,(H2,18,19). The van der Waals surface area contributed by atoms with Crippen LogP contribution in [0.2, 0.25) is 0 Å². The molecule has 2 aromatic carbocycles. The van der Waals surface area contributed by atoms with Gasteiger partial charge in [-0.2, -0.15) is 0 Å². The van der Waals surface area contributed by atoms with Crippen LogP contribution in [0.25, 0.3) is 11.1 Å². The number of aryl methyl sites for hydroxylation is 1. The Morgan fingerprint density at radius 2 is 2.00 bits per heavy atom. The SMILES string of the molecule is Cc1cccc(-c2ccc(OCC3CN=C(N)O3)cc2)c1. The summed E-state index contributed by atoms with van der Waals surface area (Å²) in [7, 11) is 0. The molecule has 2 aromatic rings. The van der Waals surface area contributed by atoms with Crippen LogP contribution in [0.3, 0.4) is 0 Å². The molecule has 2 N–H and O–H groups in total. The van der Waals surface area contributed by atoms with E-state index in [1.165, 1.54) is 16.7 Å². The number of hydrogen-bond donors (Lipinski definition) is 1. The summed E-state index contributed by atoms with van der Waals surface area (Å²) in [5.74, 6) is 0.820. The van der Waals surface area contributed by atoms with Crippen molar-refractivity contribution in [2.75, 3.05) is 13.2 Å². The normalized spacial score (nSPS) is 17.2. The second-order valence-corrected chi connectivity index (χ2v) is 5.12. The molecule has 0 spiro atoms. The Morgan fingerprint density at radius 3 is 2.67 bits per heavy atom. The molecule has 4 nitrogen and oxygen atoms in total. The first-order chi connectivity index (χ1) is 10.2. The third kappa shape index (κ3) is 3.34. The van der Waals surface area contributed by atoms with E-state index >= 15 is 0 Å². The zero-order valence-electron chi connectivity index (χ0n) is 12.0. The fourth-order valence-electron chi connectivity index (χ4n) is 2.28. The molecule has 0 saturated heterocycles. The van der Waals surface area contributed by atoms with E-state index in [1.807, 2.05) is 12.1 Å². The molecule has 0 aromatic heterocycles. The van der Waals surface area contributed by atoms with Gasteiger partial charge in [0.25, 0.3) is 6.02 Å². The maximum Gasteiger partial charge on any atom is 0.282 e. The molecule has 0 bridgehead atoms. The number of aliphatic imine (C=N–C) groups is 1. The van der Waals surface area contributed by atoms with Crippen molar-refractivity contribution in [2.24, 2.45) is 10.7 Å². The van der Waals surface area contributed by atoms with Gasteiger partial charge in [-0.05, 0) is 30.2 Å². The van der Waals surface area contributed by atoms with Crippen molar-refractivity contribution in [2.45, 2.75) is 13.0 Å². The average molecular weight is 282 g/mol. The molecule has 0 saturated carbocycles. The highest BCUT2D eigenvalue weighted by Crippen LogP contribution is 2.23. The Labute approximate surface area is 124 Å². The first kappa shape index (κ1) is 13.5. The van der Waals surface area contributed by atoms with Gasteiger partial charge in [0.05, 0.1) is 6.54 Å². The highest BCUT2D eigenvalue weighted by molar-refractivity contribution is 5.73. The Kier molecular flexibility index (Phi) is 3.77. The fourth-order valence-corrected chi connectivity index (χ4v) is 2.28. The minimum Gasteiger partial charge on any atom is -0.490 e. The lowest BCUT2D eigenvalue weighted by Gasteiger charge is -2.12. The molecule has 1 unspecified atom stereocenters. The molecule has 1 aliphatic rings. The number of rotatable bonds is 4. The van der Waals surface area contributed by atoms with Gasteiger partial charge in [-0.25, -0.2) is 4.99 Å². The molecule has 21 heavy (non-hydrogen) atoms. The largest absolute Gasteiger partial charge is 0.490 e. The maximum absolute atomic E-state index is 5.70. The molecule has 0 fully saturated rings. The summed E-state index contributed by atoms with van der Waals surface area (Å²) in [5.41, 5.74) is 9.10. The van der Waals surface area contributed by atoms with Gasteiger partial charge in [-0.15, -0.1) is 0 Å². The van der Waals surface area contributed by atoms with Crippen LogP contribution in [0, 0.1) is 6.92 Å². The van der Waals surface area contributed by atoms with Crippen molar-refractivity contribution in [1.29, 1.82) is 0 Å². The average Bonchev–Trinajstić information content (AvgIpc) is 2.91. The summed E-state index contributed by atoms with van der Waals surface area (Å²) in [6.07, 6.45) is -0.0820. The van der Waals surface area contributed by atoms with Gasteiger partial charge in [0.15, 0.2) is 6.10 Å². The van der Waals surface area contributed by atoms with E-state index in [-0.39, 0.29) is 12.1 Å². The van der Waals surface area contributed by atoms with E-state index < -0.39 is 0 Å². The first-order valence-electron chi connectivity index (χ1n) is 6.97. The molecule has 1 atom stereocenters. The van der Waals surface area contributed by atoms with Gasteiger partial charge in [-0.1, -0.05) is 42.0 Å². The fraction of sp³-hybridized carbons (Fsp3) is 0.235. The topological polar surface area (TPSA) is 56.8 Å². The summed E-state index contributed by atoms with van der Waals surface area (Å²) in [6.45, 7) is 3.11. The van der Waals surface area contributed by atoms with Crippen molar-refractivity contribution >= 4 is 6.02 Å². The Balaban J connectivity index is 1.62. The van der Waals surface area contributed by atoms with E-state index in [0.29, 0.717) is 13.2 Å². The molecular formula is C17H18N2O2. The molecule has 0 aliphatic carbocycles. The minimum absolute atomic E-state index is 0.0820. The molecule has 1 heterocycles. The monoisotopic (exact) mass is 282 g/mol. The lowest BCUT2D eigenvalue weighted by Crippen LogP contribution is -2.24. The minimum atomic E-state index is -0.0820.